The van der Waals surface area contributed by atoms with Gasteiger partial charge >= 0.3 is 11.9 Å². The van der Waals surface area contributed by atoms with Gasteiger partial charge < -0.3 is 28.4 Å². The number of unbranched alkanes of at least 4 members (excludes halogenated alkanes) is 4. The van der Waals surface area contributed by atoms with Crippen molar-refractivity contribution in [2.75, 3.05) is 26.6 Å². The Labute approximate surface area is 254 Å². The van der Waals surface area contributed by atoms with E-state index in [1.54, 1.807) is 42.5 Å². The molecule has 0 aliphatic carbocycles. The third kappa shape index (κ3) is 11.7. The van der Waals surface area contributed by atoms with Crippen LogP contribution in [0.3, 0.4) is 0 Å². The summed E-state index contributed by atoms with van der Waals surface area (Å²) < 4.78 is 33.6. The standard InChI is InChI=1S/C35H42O8/c1-5-7-8-9-20-38-31-17-19-33(27(4)24-31)42-25-41-28-12-14-29(15-13-28)43-35(37)32-18-16-30(23-26(32)3)39-21-10-11-22-40-34(36)6-2/h6,12-19,23-24H,2,5,7-11,20-22,25H2,1,3-4H3. The zero-order valence-corrected chi connectivity index (χ0v) is 25.4. The van der Waals surface area contributed by atoms with Crippen LogP contribution in [0, 0.1) is 13.8 Å². The molecule has 0 aliphatic rings. The van der Waals surface area contributed by atoms with Crippen LogP contribution in [0.4, 0.5) is 0 Å². The topological polar surface area (TPSA) is 89.5 Å². The molecule has 0 radical (unpaired) electrons. The van der Waals surface area contributed by atoms with Gasteiger partial charge in [0.2, 0.25) is 6.79 Å². The van der Waals surface area contributed by atoms with Gasteiger partial charge in [-0.25, -0.2) is 9.59 Å². The first-order chi connectivity index (χ1) is 20.9. The highest BCUT2D eigenvalue weighted by Gasteiger charge is 2.13. The van der Waals surface area contributed by atoms with E-state index in [-0.39, 0.29) is 6.79 Å². The Kier molecular flexibility index (Phi) is 14.0. The van der Waals surface area contributed by atoms with E-state index in [0.29, 0.717) is 42.4 Å². The molecule has 3 aromatic rings. The number of carbonyl (C=O) groups excluding carboxylic acids is 2. The molecular formula is C35H42O8. The van der Waals surface area contributed by atoms with Gasteiger partial charge in [0.25, 0.3) is 0 Å². The van der Waals surface area contributed by atoms with Crippen molar-refractivity contribution in [3.63, 3.8) is 0 Å². The van der Waals surface area contributed by atoms with Crippen LogP contribution in [0.5, 0.6) is 28.7 Å². The molecule has 0 atom stereocenters. The molecule has 0 aromatic heterocycles. The van der Waals surface area contributed by atoms with Crippen molar-refractivity contribution in [3.05, 3.63) is 90.0 Å². The summed E-state index contributed by atoms with van der Waals surface area (Å²) in [6.07, 6.45) is 7.23. The Bertz CT molecular complexity index is 1320. The molecule has 0 saturated carbocycles. The number of benzene rings is 3. The number of ether oxygens (including phenoxy) is 6. The van der Waals surface area contributed by atoms with Gasteiger partial charge in [0.05, 0.1) is 25.4 Å². The zero-order valence-electron chi connectivity index (χ0n) is 25.4. The first kappa shape index (κ1) is 33.0. The molecule has 0 N–H and O–H groups in total. The highest BCUT2D eigenvalue weighted by Crippen LogP contribution is 2.25. The largest absolute Gasteiger partial charge is 0.494 e. The quantitative estimate of drug-likeness (QED) is 0.0460. The Morgan fingerprint density at radius 3 is 1.93 bits per heavy atom. The maximum absolute atomic E-state index is 12.8. The number of esters is 2. The summed E-state index contributed by atoms with van der Waals surface area (Å²) in [4.78, 5) is 23.8. The van der Waals surface area contributed by atoms with Crippen molar-refractivity contribution in [2.24, 2.45) is 0 Å². The lowest BCUT2D eigenvalue weighted by molar-refractivity contribution is -0.137. The van der Waals surface area contributed by atoms with Gasteiger partial charge in [-0.2, -0.15) is 0 Å². The van der Waals surface area contributed by atoms with E-state index < -0.39 is 11.9 Å². The Hall–Kier alpha value is -4.46. The lowest BCUT2D eigenvalue weighted by atomic mass is 10.1. The van der Waals surface area contributed by atoms with E-state index in [1.807, 2.05) is 32.0 Å². The summed E-state index contributed by atoms with van der Waals surface area (Å²) in [5.74, 6) is 2.30. The molecule has 0 amide bonds. The molecule has 0 bridgehead atoms. The second kappa shape index (κ2) is 18.2. The van der Waals surface area contributed by atoms with Crippen LogP contribution in [0.2, 0.25) is 0 Å². The van der Waals surface area contributed by atoms with Crippen molar-refractivity contribution in [1.82, 2.24) is 0 Å². The van der Waals surface area contributed by atoms with Crippen molar-refractivity contribution in [1.29, 1.82) is 0 Å². The van der Waals surface area contributed by atoms with E-state index in [9.17, 15) is 9.59 Å². The fourth-order valence-electron chi connectivity index (χ4n) is 4.10. The molecule has 230 valence electrons. The first-order valence-electron chi connectivity index (χ1n) is 14.7. The lowest BCUT2D eigenvalue weighted by Gasteiger charge is -2.13. The highest BCUT2D eigenvalue weighted by atomic mass is 16.7. The van der Waals surface area contributed by atoms with Gasteiger partial charge in [0.15, 0.2) is 0 Å². The second-order valence-corrected chi connectivity index (χ2v) is 10.0. The van der Waals surface area contributed by atoms with E-state index in [0.717, 1.165) is 48.2 Å². The summed E-state index contributed by atoms with van der Waals surface area (Å²) in [6, 6.07) is 17.7. The Balaban J connectivity index is 1.39. The maximum atomic E-state index is 12.8. The van der Waals surface area contributed by atoms with Gasteiger partial charge in [-0.3, -0.25) is 0 Å². The minimum absolute atomic E-state index is 0.0353. The number of aryl methyl sites for hydroxylation is 2. The van der Waals surface area contributed by atoms with Gasteiger partial charge in [-0.15, -0.1) is 0 Å². The van der Waals surface area contributed by atoms with E-state index >= 15 is 0 Å². The zero-order chi connectivity index (χ0) is 30.9. The van der Waals surface area contributed by atoms with Crippen molar-refractivity contribution in [2.45, 2.75) is 59.3 Å². The molecule has 0 heterocycles. The summed E-state index contributed by atoms with van der Waals surface area (Å²) in [6.45, 7) is 10.9. The van der Waals surface area contributed by atoms with Gasteiger partial charge in [-0.1, -0.05) is 32.8 Å². The van der Waals surface area contributed by atoms with Crippen LogP contribution < -0.4 is 23.7 Å². The molecule has 0 fully saturated rings. The van der Waals surface area contributed by atoms with Crippen molar-refractivity contribution in [3.8, 4) is 28.7 Å². The first-order valence-corrected chi connectivity index (χ1v) is 14.7. The van der Waals surface area contributed by atoms with Crippen LogP contribution in [-0.4, -0.2) is 38.6 Å². The molecule has 3 aromatic carbocycles. The molecule has 3 rings (SSSR count). The number of carbonyl (C=O) groups is 2. The fraction of sp³-hybridized carbons (Fsp3) is 0.371. The lowest BCUT2D eigenvalue weighted by Crippen LogP contribution is -2.11. The van der Waals surface area contributed by atoms with Crippen molar-refractivity contribution >= 4 is 11.9 Å². The third-order valence-corrected chi connectivity index (χ3v) is 6.52. The monoisotopic (exact) mass is 590 g/mol. The van der Waals surface area contributed by atoms with Gasteiger partial charge in [0, 0.05) is 6.08 Å². The number of hydrogen-bond donors (Lipinski definition) is 0. The molecule has 0 saturated heterocycles. The maximum Gasteiger partial charge on any atom is 0.343 e. The van der Waals surface area contributed by atoms with Crippen LogP contribution in [0.1, 0.15) is 66.9 Å². The number of hydrogen-bond acceptors (Lipinski definition) is 8. The highest BCUT2D eigenvalue weighted by molar-refractivity contribution is 5.92. The van der Waals surface area contributed by atoms with E-state index in [2.05, 4.69) is 13.5 Å². The minimum Gasteiger partial charge on any atom is -0.494 e. The Morgan fingerprint density at radius 1 is 0.674 bits per heavy atom. The summed E-state index contributed by atoms with van der Waals surface area (Å²) in [7, 11) is 0. The predicted molar refractivity (Wildman–Crippen MR) is 165 cm³/mol. The van der Waals surface area contributed by atoms with Crippen LogP contribution in [-0.2, 0) is 9.53 Å². The average Bonchev–Trinajstić information content (AvgIpc) is 3.00. The molecule has 8 heteroatoms. The molecule has 43 heavy (non-hydrogen) atoms. The van der Waals surface area contributed by atoms with Crippen LogP contribution >= 0.6 is 0 Å². The SMILES string of the molecule is C=CC(=O)OCCCCOc1ccc(C(=O)Oc2ccc(OCOc3ccc(OCCCCCC)cc3C)cc2)c(C)c1. The molecular weight excluding hydrogens is 548 g/mol. The summed E-state index contributed by atoms with van der Waals surface area (Å²) in [5, 5.41) is 0. The van der Waals surface area contributed by atoms with Crippen LogP contribution in [0.15, 0.2) is 73.3 Å². The van der Waals surface area contributed by atoms with E-state index in [4.69, 9.17) is 28.4 Å². The smallest absolute Gasteiger partial charge is 0.343 e. The van der Waals surface area contributed by atoms with Crippen molar-refractivity contribution < 1.29 is 38.0 Å². The van der Waals surface area contributed by atoms with Crippen LogP contribution in [0.25, 0.3) is 0 Å². The predicted octanol–water partition coefficient (Wildman–Crippen LogP) is 7.79. The van der Waals surface area contributed by atoms with Gasteiger partial charge in [-0.05, 0) is 105 Å². The minimum atomic E-state index is -0.464. The normalized spacial score (nSPS) is 10.5. The third-order valence-electron chi connectivity index (χ3n) is 6.52. The second-order valence-electron chi connectivity index (χ2n) is 10.0. The number of rotatable bonds is 19. The molecule has 0 unspecified atom stereocenters. The molecule has 8 nitrogen and oxygen atoms in total. The summed E-state index contributed by atoms with van der Waals surface area (Å²) >= 11 is 0. The molecule has 0 aliphatic heterocycles. The fourth-order valence-corrected chi connectivity index (χ4v) is 4.10. The molecule has 0 spiro atoms. The van der Waals surface area contributed by atoms with E-state index in [1.165, 1.54) is 19.3 Å². The Morgan fingerprint density at radius 2 is 1.28 bits per heavy atom. The summed E-state index contributed by atoms with van der Waals surface area (Å²) in [5.41, 5.74) is 2.15. The van der Waals surface area contributed by atoms with Gasteiger partial charge in [0.1, 0.15) is 28.7 Å². The average molecular weight is 591 g/mol.